The molecule has 2 unspecified atom stereocenters. The molecule has 2 saturated carbocycles. The largest absolute Gasteiger partial charge is 0.368 e. The molecule has 3 fully saturated rings. The van der Waals surface area contributed by atoms with Crippen LogP contribution in [0.4, 0.5) is 0 Å². The minimum atomic E-state index is 0.195. The molecular weight excluding hydrogens is 198 g/mol. The molecule has 0 amide bonds. The second-order valence-electron chi connectivity index (χ2n) is 6.80. The molecule has 1 saturated heterocycles. The molecule has 2 atom stereocenters. The summed E-state index contributed by atoms with van der Waals surface area (Å²) in [5.41, 5.74) is 0.573. The lowest BCUT2D eigenvalue weighted by Gasteiger charge is -2.48. The molecule has 3 aliphatic rings. The first-order valence-corrected chi connectivity index (χ1v) is 7.03. The predicted octanol–water partition coefficient (Wildman–Crippen LogP) is 2.87. The Labute approximate surface area is 99.1 Å². The van der Waals surface area contributed by atoms with Crippen molar-refractivity contribution >= 4 is 0 Å². The maximum absolute atomic E-state index is 6.59. The Morgan fingerprint density at radius 3 is 2.56 bits per heavy atom. The Balaban J connectivity index is 1.77. The molecule has 3 rings (SSSR count). The number of fused-ring (bicyclic) bond motifs is 1. The van der Waals surface area contributed by atoms with Gasteiger partial charge in [-0.15, -0.1) is 0 Å². The second-order valence-corrected chi connectivity index (χ2v) is 6.80. The van der Waals surface area contributed by atoms with Crippen molar-refractivity contribution in [3.63, 3.8) is 0 Å². The summed E-state index contributed by atoms with van der Waals surface area (Å²) in [5, 5.41) is 3.77. The molecule has 2 nitrogen and oxygen atoms in total. The lowest BCUT2D eigenvalue weighted by Crippen LogP contribution is -2.60. The van der Waals surface area contributed by atoms with Gasteiger partial charge in [-0.3, -0.25) is 0 Å². The summed E-state index contributed by atoms with van der Waals surface area (Å²) in [6.45, 7) is 5.85. The smallest absolute Gasteiger partial charge is 0.0811 e. The third-order valence-electron chi connectivity index (χ3n) is 5.06. The van der Waals surface area contributed by atoms with Gasteiger partial charge in [0.15, 0.2) is 0 Å². The molecule has 16 heavy (non-hydrogen) atoms. The monoisotopic (exact) mass is 223 g/mol. The average molecular weight is 223 g/mol. The van der Waals surface area contributed by atoms with E-state index in [1.807, 2.05) is 0 Å². The Morgan fingerprint density at radius 2 is 1.81 bits per heavy atom. The maximum atomic E-state index is 6.59. The molecular formula is C14H25NO. The van der Waals surface area contributed by atoms with Gasteiger partial charge in [0.1, 0.15) is 0 Å². The number of rotatable bonds is 0. The fourth-order valence-corrected chi connectivity index (χ4v) is 3.94. The number of nitrogens with one attached hydrogen (secondary N) is 1. The standard InChI is InChI=1S/C14H25NO/c1-13(2)9-6-11-12(13)16-14(10-15-11)7-4-3-5-8-14/h11-12,15H,3-10H2,1-2H3. The topological polar surface area (TPSA) is 21.3 Å². The van der Waals surface area contributed by atoms with Crippen molar-refractivity contribution in [2.24, 2.45) is 5.41 Å². The van der Waals surface area contributed by atoms with E-state index in [0.717, 1.165) is 6.54 Å². The van der Waals surface area contributed by atoms with Gasteiger partial charge >= 0.3 is 0 Å². The SMILES string of the molecule is CC1(C)CCC2NCC3(CCCCC3)OC21. The molecule has 2 aliphatic carbocycles. The Morgan fingerprint density at radius 1 is 1.06 bits per heavy atom. The first-order valence-electron chi connectivity index (χ1n) is 7.03. The van der Waals surface area contributed by atoms with Gasteiger partial charge < -0.3 is 10.1 Å². The van der Waals surface area contributed by atoms with Crippen LogP contribution < -0.4 is 5.32 Å². The average Bonchev–Trinajstić information content (AvgIpc) is 2.56. The van der Waals surface area contributed by atoms with E-state index in [9.17, 15) is 0 Å². The van der Waals surface area contributed by atoms with Crippen molar-refractivity contribution in [1.82, 2.24) is 5.32 Å². The Kier molecular flexibility index (Phi) is 2.56. The molecule has 1 heterocycles. The normalized spacial score (nSPS) is 40.9. The maximum Gasteiger partial charge on any atom is 0.0811 e. The molecule has 1 aliphatic heterocycles. The third-order valence-corrected chi connectivity index (χ3v) is 5.06. The van der Waals surface area contributed by atoms with Gasteiger partial charge in [-0.2, -0.15) is 0 Å². The molecule has 0 aromatic carbocycles. The van der Waals surface area contributed by atoms with Gasteiger partial charge in [0.25, 0.3) is 0 Å². The first kappa shape index (κ1) is 11.0. The lowest BCUT2D eigenvalue weighted by atomic mass is 9.80. The second kappa shape index (κ2) is 3.71. The zero-order valence-corrected chi connectivity index (χ0v) is 10.7. The Bertz CT molecular complexity index is 268. The fourth-order valence-electron chi connectivity index (χ4n) is 3.94. The van der Waals surface area contributed by atoms with Crippen molar-refractivity contribution in [2.45, 2.75) is 76.5 Å². The molecule has 92 valence electrons. The van der Waals surface area contributed by atoms with E-state index < -0.39 is 0 Å². The van der Waals surface area contributed by atoms with Gasteiger partial charge in [-0.1, -0.05) is 33.1 Å². The van der Waals surface area contributed by atoms with Crippen LogP contribution in [0.3, 0.4) is 0 Å². The molecule has 1 N–H and O–H groups in total. The zero-order valence-electron chi connectivity index (χ0n) is 10.7. The zero-order chi connectivity index (χ0) is 11.2. The first-order chi connectivity index (χ1) is 7.61. The number of hydrogen-bond acceptors (Lipinski definition) is 2. The van der Waals surface area contributed by atoms with Crippen molar-refractivity contribution in [3.05, 3.63) is 0 Å². The summed E-state index contributed by atoms with van der Waals surface area (Å²) in [6, 6.07) is 0.627. The third kappa shape index (κ3) is 1.70. The molecule has 0 bridgehead atoms. The van der Waals surface area contributed by atoms with Crippen molar-refractivity contribution in [2.75, 3.05) is 6.54 Å². The molecule has 0 aromatic heterocycles. The highest BCUT2D eigenvalue weighted by molar-refractivity contribution is 5.04. The van der Waals surface area contributed by atoms with Gasteiger partial charge in [-0.05, 0) is 31.1 Å². The van der Waals surface area contributed by atoms with Gasteiger partial charge in [0, 0.05) is 12.6 Å². The number of morpholine rings is 1. The number of ether oxygens (including phenoxy) is 1. The lowest BCUT2D eigenvalue weighted by molar-refractivity contribution is -0.170. The molecule has 0 aromatic rings. The summed E-state index contributed by atoms with van der Waals surface area (Å²) in [5.74, 6) is 0. The quantitative estimate of drug-likeness (QED) is 0.682. The summed E-state index contributed by atoms with van der Waals surface area (Å²) in [4.78, 5) is 0. The van der Waals surface area contributed by atoms with Crippen LogP contribution in [-0.2, 0) is 4.74 Å². The van der Waals surface area contributed by atoms with Crippen LogP contribution in [0.5, 0.6) is 0 Å². The highest BCUT2D eigenvalue weighted by atomic mass is 16.5. The van der Waals surface area contributed by atoms with E-state index in [-0.39, 0.29) is 5.60 Å². The Hall–Kier alpha value is -0.0800. The van der Waals surface area contributed by atoms with E-state index in [4.69, 9.17) is 4.74 Å². The van der Waals surface area contributed by atoms with E-state index in [1.165, 1.54) is 44.9 Å². The summed E-state index contributed by atoms with van der Waals surface area (Å²) < 4.78 is 6.59. The summed E-state index contributed by atoms with van der Waals surface area (Å²) >= 11 is 0. The van der Waals surface area contributed by atoms with Gasteiger partial charge in [-0.25, -0.2) is 0 Å². The molecule has 0 radical (unpaired) electrons. The van der Waals surface area contributed by atoms with Gasteiger partial charge in [0.05, 0.1) is 11.7 Å². The van der Waals surface area contributed by atoms with Crippen molar-refractivity contribution < 1.29 is 4.74 Å². The van der Waals surface area contributed by atoms with Crippen LogP contribution in [-0.4, -0.2) is 24.3 Å². The van der Waals surface area contributed by atoms with Crippen molar-refractivity contribution in [1.29, 1.82) is 0 Å². The van der Waals surface area contributed by atoms with Gasteiger partial charge in [0.2, 0.25) is 0 Å². The minimum Gasteiger partial charge on any atom is -0.368 e. The molecule has 1 spiro atoms. The van der Waals surface area contributed by atoms with Crippen LogP contribution in [0.1, 0.15) is 58.8 Å². The van der Waals surface area contributed by atoms with E-state index >= 15 is 0 Å². The highest BCUT2D eigenvalue weighted by Gasteiger charge is 2.50. The van der Waals surface area contributed by atoms with Crippen LogP contribution in [0, 0.1) is 5.41 Å². The number of hydrogen-bond donors (Lipinski definition) is 1. The van der Waals surface area contributed by atoms with Crippen LogP contribution in [0.15, 0.2) is 0 Å². The van der Waals surface area contributed by atoms with E-state index in [1.54, 1.807) is 0 Å². The van der Waals surface area contributed by atoms with Crippen LogP contribution in [0.25, 0.3) is 0 Å². The van der Waals surface area contributed by atoms with Crippen molar-refractivity contribution in [3.8, 4) is 0 Å². The molecule has 2 heteroatoms. The minimum absolute atomic E-state index is 0.195. The summed E-state index contributed by atoms with van der Waals surface area (Å²) in [6.07, 6.45) is 9.75. The van der Waals surface area contributed by atoms with E-state index in [2.05, 4.69) is 19.2 Å². The van der Waals surface area contributed by atoms with Crippen LogP contribution >= 0.6 is 0 Å². The fraction of sp³-hybridized carbons (Fsp3) is 1.00. The van der Waals surface area contributed by atoms with E-state index in [0.29, 0.717) is 17.6 Å². The van der Waals surface area contributed by atoms with Crippen LogP contribution in [0.2, 0.25) is 0 Å². The highest BCUT2D eigenvalue weighted by Crippen LogP contribution is 2.46. The predicted molar refractivity (Wildman–Crippen MR) is 65.5 cm³/mol. The summed E-state index contributed by atoms with van der Waals surface area (Å²) in [7, 11) is 0.